The summed E-state index contributed by atoms with van der Waals surface area (Å²) in [5.41, 5.74) is 1.46. The van der Waals surface area contributed by atoms with Crippen LogP contribution in [0.5, 0.6) is 0 Å². The van der Waals surface area contributed by atoms with E-state index in [1.807, 2.05) is 19.1 Å². The number of hydrogen-bond donors (Lipinski definition) is 1. The third-order valence-corrected chi connectivity index (χ3v) is 3.36. The fourth-order valence-electron chi connectivity index (χ4n) is 2.00. The Morgan fingerprint density at radius 2 is 1.93 bits per heavy atom. The maximum absolute atomic E-state index is 10.5. The van der Waals surface area contributed by atoms with Gasteiger partial charge in [-0.3, -0.25) is 0 Å². The Kier molecular flexibility index (Phi) is 3.14. The van der Waals surface area contributed by atoms with Crippen molar-refractivity contribution in [3.63, 3.8) is 0 Å². The first-order valence-electron chi connectivity index (χ1n) is 5.18. The van der Waals surface area contributed by atoms with Crippen molar-refractivity contribution < 1.29 is 9.84 Å². The van der Waals surface area contributed by atoms with E-state index in [0.717, 1.165) is 10.0 Å². The van der Waals surface area contributed by atoms with E-state index in [1.54, 1.807) is 0 Å². The van der Waals surface area contributed by atoms with Gasteiger partial charge >= 0.3 is 0 Å². The molecule has 0 spiro atoms. The van der Waals surface area contributed by atoms with Gasteiger partial charge < -0.3 is 9.84 Å². The Bertz CT molecular complexity index is 336. The monoisotopic (exact) mass is 270 g/mol. The summed E-state index contributed by atoms with van der Waals surface area (Å²) in [6, 6.07) is 6.10. The molecule has 0 aliphatic carbocycles. The lowest BCUT2D eigenvalue weighted by molar-refractivity contribution is -0.0679. The van der Waals surface area contributed by atoms with E-state index >= 15 is 0 Å². The van der Waals surface area contributed by atoms with Crippen molar-refractivity contribution in [2.45, 2.75) is 25.4 Å². The van der Waals surface area contributed by atoms with Crippen LogP contribution in [0.4, 0.5) is 0 Å². The van der Waals surface area contributed by atoms with Crippen molar-refractivity contribution in [2.24, 2.45) is 0 Å². The minimum Gasteiger partial charge on any atom is -0.385 e. The van der Waals surface area contributed by atoms with Gasteiger partial charge in [0, 0.05) is 30.5 Å². The van der Waals surface area contributed by atoms with E-state index in [0.29, 0.717) is 26.1 Å². The van der Waals surface area contributed by atoms with Gasteiger partial charge in [0.15, 0.2) is 0 Å². The van der Waals surface area contributed by atoms with E-state index in [2.05, 4.69) is 22.0 Å². The topological polar surface area (TPSA) is 29.5 Å². The lowest BCUT2D eigenvalue weighted by Crippen LogP contribution is -2.33. The van der Waals surface area contributed by atoms with Crippen LogP contribution in [-0.2, 0) is 10.3 Å². The van der Waals surface area contributed by atoms with Gasteiger partial charge in [0.25, 0.3) is 0 Å². The van der Waals surface area contributed by atoms with Crippen LogP contribution in [0.1, 0.15) is 24.0 Å². The van der Waals surface area contributed by atoms with Crippen molar-refractivity contribution in [3.05, 3.63) is 33.8 Å². The van der Waals surface area contributed by atoms with E-state index in [4.69, 9.17) is 4.74 Å². The summed E-state index contributed by atoms with van der Waals surface area (Å²) in [7, 11) is 0. The van der Waals surface area contributed by atoms with Crippen LogP contribution in [0, 0.1) is 6.92 Å². The van der Waals surface area contributed by atoms with Crippen molar-refractivity contribution in [1.82, 2.24) is 0 Å². The Morgan fingerprint density at radius 1 is 1.27 bits per heavy atom. The summed E-state index contributed by atoms with van der Waals surface area (Å²) in [6.07, 6.45) is 1.37. The molecular weight excluding hydrogens is 256 g/mol. The molecule has 1 aromatic rings. The molecule has 1 saturated heterocycles. The predicted molar refractivity (Wildman–Crippen MR) is 62.8 cm³/mol. The number of halogens is 1. The highest BCUT2D eigenvalue weighted by molar-refractivity contribution is 9.10. The highest BCUT2D eigenvalue weighted by Crippen LogP contribution is 2.33. The van der Waals surface area contributed by atoms with Crippen molar-refractivity contribution >= 4 is 15.9 Å². The molecule has 1 fully saturated rings. The summed E-state index contributed by atoms with van der Waals surface area (Å²) in [4.78, 5) is 0. The molecule has 0 saturated carbocycles. The molecule has 0 atom stereocenters. The van der Waals surface area contributed by atoms with Gasteiger partial charge in [-0.05, 0) is 30.2 Å². The van der Waals surface area contributed by atoms with Gasteiger partial charge in [-0.15, -0.1) is 0 Å². The fourth-order valence-corrected chi connectivity index (χ4v) is 2.61. The van der Waals surface area contributed by atoms with E-state index < -0.39 is 5.60 Å². The third-order valence-electron chi connectivity index (χ3n) is 2.90. The first kappa shape index (κ1) is 11.1. The fraction of sp³-hybridized carbons (Fsp3) is 0.500. The summed E-state index contributed by atoms with van der Waals surface area (Å²) < 4.78 is 6.30. The standard InChI is InChI=1S/C12H15BrO2/c1-9-6-10(8-11(13)7-9)12(14)2-4-15-5-3-12/h6-8,14H,2-5H2,1H3. The molecule has 1 heterocycles. The van der Waals surface area contributed by atoms with E-state index in [1.165, 1.54) is 5.56 Å². The van der Waals surface area contributed by atoms with Gasteiger partial charge in [-0.1, -0.05) is 22.0 Å². The highest BCUT2D eigenvalue weighted by atomic mass is 79.9. The maximum Gasteiger partial charge on any atom is 0.0940 e. The number of ether oxygens (including phenoxy) is 1. The summed E-state index contributed by atoms with van der Waals surface area (Å²) in [5, 5.41) is 10.5. The predicted octanol–water partition coefficient (Wildman–Crippen LogP) is 2.76. The molecule has 0 radical (unpaired) electrons. The van der Waals surface area contributed by atoms with Gasteiger partial charge in [0.2, 0.25) is 0 Å². The summed E-state index contributed by atoms with van der Waals surface area (Å²) >= 11 is 3.46. The minimum absolute atomic E-state index is 0.641. The molecule has 0 aromatic heterocycles. The Labute approximate surface area is 98.4 Å². The molecular formula is C12H15BrO2. The molecule has 3 heteroatoms. The Balaban J connectivity index is 2.34. The minimum atomic E-state index is -0.702. The van der Waals surface area contributed by atoms with E-state index in [-0.39, 0.29) is 0 Å². The van der Waals surface area contributed by atoms with Crippen molar-refractivity contribution in [2.75, 3.05) is 13.2 Å². The zero-order valence-corrected chi connectivity index (χ0v) is 10.4. The van der Waals surface area contributed by atoms with Gasteiger partial charge in [0.05, 0.1) is 5.60 Å². The number of aliphatic hydroxyl groups is 1. The normalized spacial score (nSPS) is 20.2. The molecule has 82 valence electrons. The molecule has 2 rings (SSSR count). The smallest absolute Gasteiger partial charge is 0.0940 e. The van der Waals surface area contributed by atoms with Crippen LogP contribution in [0.2, 0.25) is 0 Å². The average Bonchev–Trinajstić information content (AvgIpc) is 2.17. The van der Waals surface area contributed by atoms with Crippen LogP contribution in [0.15, 0.2) is 22.7 Å². The first-order valence-corrected chi connectivity index (χ1v) is 5.97. The van der Waals surface area contributed by atoms with Crippen LogP contribution in [0.3, 0.4) is 0 Å². The zero-order chi connectivity index (χ0) is 10.9. The Hall–Kier alpha value is -0.380. The van der Waals surface area contributed by atoms with Crippen LogP contribution < -0.4 is 0 Å². The van der Waals surface area contributed by atoms with Gasteiger partial charge in [-0.2, -0.15) is 0 Å². The van der Waals surface area contributed by atoms with Crippen LogP contribution in [-0.4, -0.2) is 18.3 Å². The first-order chi connectivity index (χ1) is 7.10. The van der Waals surface area contributed by atoms with Crippen molar-refractivity contribution in [3.8, 4) is 0 Å². The molecule has 0 amide bonds. The second kappa shape index (κ2) is 4.24. The lowest BCUT2D eigenvalue weighted by Gasteiger charge is -2.32. The number of benzene rings is 1. The highest BCUT2D eigenvalue weighted by Gasteiger charge is 2.31. The molecule has 1 aromatic carbocycles. The largest absolute Gasteiger partial charge is 0.385 e. The number of rotatable bonds is 1. The number of aryl methyl sites for hydroxylation is 1. The average molecular weight is 271 g/mol. The SMILES string of the molecule is Cc1cc(Br)cc(C2(O)CCOCC2)c1. The van der Waals surface area contributed by atoms with Gasteiger partial charge in [0.1, 0.15) is 0 Å². The third kappa shape index (κ3) is 2.41. The Morgan fingerprint density at radius 3 is 2.53 bits per heavy atom. The second-order valence-corrected chi connectivity index (χ2v) is 5.08. The molecule has 1 aliphatic heterocycles. The van der Waals surface area contributed by atoms with Gasteiger partial charge in [-0.25, -0.2) is 0 Å². The molecule has 1 N–H and O–H groups in total. The molecule has 0 unspecified atom stereocenters. The van der Waals surface area contributed by atoms with Crippen molar-refractivity contribution in [1.29, 1.82) is 0 Å². The second-order valence-electron chi connectivity index (χ2n) is 4.16. The van der Waals surface area contributed by atoms with Crippen LogP contribution >= 0.6 is 15.9 Å². The maximum atomic E-state index is 10.5. The lowest BCUT2D eigenvalue weighted by atomic mass is 9.86. The molecule has 1 aliphatic rings. The molecule has 15 heavy (non-hydrogen) atoms. The quantitative estimate of drug-likeness (QED) is 0.851. The molecule has 0 bridgehead atoms. The summed E-state index contributed by atoms with van der Waals surface area (Å²) in [5.74, 6) is 0. The summed E-state index contributed by atoms with van der Waals surface area (Å²) in [6.45, 7) is 3.32. The molecule has 2 nitrogen and oxygen atoms in total. The zero-order valence-electron chi connectivity index (χ0n) is 8.79. The van der Waals surface area contributed by atoms with E-state index in [9.17, 15) is 5.11 Å². The van der Waals surface area contributed by atoms with Crippen LogP contribution in [0.25, 0.3) is 0 Å². The number of hydrogen-bond acceptors (Lipinski definition) is 2.